The zero-order chi connectivity index (χ0) is 21.3. The highest BCUT2D eigenvalue weighted by molar-refractivity contribution is 6.30. The zero-order valence-corrected chi connectivity index (χ0v) is 16.5. The Hall–Kier alpha value is -3.84. The summed E-state index contributed by atoms with van der Waals surface area (Å²) in [4.78, 5) is 36.7. The third-order valence-electron chi connectivity index (χ3n) is 3.95. The van der Waals surface area contributed by atoms with E-state index < -0.39 is 11.8 Å². The first kappa shape index (κ1) is 20.9. The average Bonchev–Trinajstić information content (AvgIpc) is 2.78. The van der Waals surface area contributed by atoms with Crippen LogP contribution < -0.4 is 20.9 Å². The summed E-state index contributed by atoms with van der Waals surface area (Å²) in [5.41, 5.74) is 5.55. The lowest BCUT2D eigenvalue weighted by Crippen LogP contribution is -2.44. The Morgan fingerprint density at radius 1 is 0.767 bits per heavy atom. The van der Waals surface area contributed by atoms with E-state index in [0.29, 0.717) is 22.0 Å². The van der Waals surface area contributed by atoms with Gasteiger partial charge in [0.15, 0.2) is 6.61 Å². The number of halogens is 1. The summed E-state index contributed by atoms with van der Waals surface area (Å²) in [6, 6.07) is 21.6. The Labute approximate surface area is 178 Å². The van der Waals surface area contributed by atoms with Gasteiger partial charge in [-0.2, -0.15) is 0 Å². The van der Waals surface area contributed by atoms with E-state index in [1.165, 1.54) is 6.07 Å². The number of nitrogens with one attached hydrogen (secondary N) is 3. The van der Waals surface area contributed by atoms with Crippen molar-refractivity contribution in [2.75, 3.05) is 11.9 Å². The van der Waals surface area contributed by atoms with E-state index in [4.69, 9.17) is 16.3 Å². The maximum absolute atomic E-state index is 12.5. The second-order valence-corrected chi connectivity index (χ2v) is 6.55. The van der Waals surface area contributed by atoms with Crippen molar-refractivity contribution in [2.24, 2.45) is 0 Å². The van der Waals surface area contributed by atoms with Crippen LogP contribution in [-0.2, 0) is 4.79 Å². The summed E-state index contributed by atoms with van der Waals surface area (Å²) < 4.78 is 5.31. The summed E-state index contributed by atoms with van der Waals surface area (Å²) in [5, 5.41) is 3.25. The molecule has 30 heavy (non-hydrogen) atoms. The lowest BCUT2D eigenvalue weighted by Gasteiger charge is -2.12. The smallest absolute Gasteiger partial charge is 0.276 e. The van der Waals surface area contributed by atoms with Crippen LogP contribution in [-0.4, -0.2) is 24.3 Å². The van der Waals surface area contributed by atoms with Crippen molar-refractivity contribution in [3.8, 4) is 5.75 Å². The highest BCUT2D eigenvalue weighted by atomic mass is 35.5. The van der Waals surface area contributed by atoms with Crippen LogP contribution in [0.1, 0.15) is 20.7 Å². The van der Waals surface area contributed by atoms with Gasteiger partial charge in [0.05, 0.1) is 11.3 Å². The lowest BCUT2D eigenvalue weighted by molar-refractivity contribution is -0.123. The average molecular weight is 424 g/mol. The van der Waals surface area contributed by atoms with Gasteiger partial charge in [-0.25, -0.2) is 0 Å². The first-order valence-corrected chi connectivity index (χ1v) is 9.34. The standard InChI is InChI=1S/C22H18ClN3O4/c23-16-10-12-17(13-11-16)30-14-20(27)25-26-22(29)18-8-4-5-9-19(18)24-21(28)15-6-2-1-3-7-15/h1-13H,14H2,(H,24,28)(H,25,27)(H,26,29). The van der Waals surface area contributed by atoms with Crippen molar-refractivity contribution >= 4 is 35.0 Å². The normalized spacial score (nSPS) is 10.0. The first-order chi connectivity index (χ1) is 14.5. The maximum Gasteiger partial charge on any atom is 0.276 e. The fourth-order valence-corrected chi connectivity index (χ4v) is 2.61. The van der Waals surface area contributed by atoms with Gasteiger partial charge in [0, 0.05) is 10.6 Å². The molecule has 0 unspecified atom stereocenters. The summed E-state index contributed by atoms with van der Waals surface area (Å²) >= 11 is 5.79. The number of hydrogen-bond acceptors (Lipinski definition) is 4. The molecule has 0 bridgehead atoms. The van der Waals surface area contributed by atoms with Crippen molar-refractivity contribution in [3.05, 3.63) is 95.0 Å². The van der Waals surface area contributed by atoms with Crippen LogP contribution in [0.3, 0.4) is 0 Å². The number of anilines is 1. The molecule has 0 saturated carbocycles. The molecule has 0 fully saturated rings. The number of rotatable bonds is 6. The molecule has 0 heterocycles. The van der Waals surface area contributed by atoms with Gasteiger partial charge < -0.3 is 10.1 Å². The van der Waals surface area contributed by atoms with Crippen LogP contribution in [0.2, 0.25) is 5.02 Å². The molecule has 8 heteroatoms. The van der Waals surface area contributed by atoms with Crippen molar-refractivity contribution in [3.63, 3.8) is 0 Å². The highest BCUT2D eigenvalue weighted by Crippen LogP contribution is 2.17. The van der Waals surface area contributed by atoms with Crippen molar-refractivity contribution in [2.45, 2.75) is 0 Å². The molecule has 3 aromatic carbocycles. The van der Waals surface area contributed by atoms with E-state index in [-0.39, 0.29) is 18.1 Å². The zero-order valence-electron chi connectivity index (χ0n) is 15.7. The molecule has 0 aromatic heterocycles. The van der Waals surface area contributed by atoms with Crippen LogP contribution in [0.15, 0.2) is 78.9 Å². The molecule has 0 saturated heterocycles. The van der Waals surface area contributed by atoms with E-state index in [1.54, 1.807) is 72.8 Å². The van der Waals surface area contributed by atoms with Gasteiger partial charge in [-0.1, -0.05) is 41.9 Å². The molecule has 7 nitrogen and oxygen atoms in total. The van der Waals surface area contributed by atoms with Gasteiger partial charge in [-0.3, -0.25) is 25.2 Å². The molecule has 152 valence electrons. The highest BCUT2D eigenvalue weighted by Gasteiger charge is 2.14. The molecule has 0 aliphatic rings. The van der Waals surface area contributed by atoms with Crippen LogP contribution >= 0.6 is 11.6 Å². The Morgan fingerprint density at radius 2 is 1.43 bits per heavy atom. The van der Waals surface area contributed by atoms with Crippen LogP contribution in [0.25, 0.3) is 0 Å². The fourth-order valence-electron chi connectivity index (χ4n) is 2.48. The quantitative estimate of drug-likeness (QED) is 0.529. The first-order valence-electron chi connectivity index (χ1n) is 8.96. The molecule has 3 aromatic rings. The summed E-state index contributed by atoms with van der Waals surface area (Å²) in [6.07, 6.45) is 0. The molecular formula is C22H18ClN3O4. The SMILES string of the molecule is O=C(COc1ccc(Cl)cc1)NNC(=O)c1ccccc1NC(=O)c1ccccc1. The third-order valence-corrected chi connectivity index (χ3v) is 4.21. The van der Waals surface area contributed by atoms with Crippen molar-refractivity contribution in [1.29, 1.82) is 0 Å². The van der Waals surface area contributed by atoms with Crippen LogP contribution in [0.4, 0.5) is 5.69 Å². The van der Waals surface area contributed by atoms with Gasteiger partial charge in [0.25, 0.3) is 17.7 Å². The maximum atomic E-state index is 12.5. The van der Waals surface area contributed by atoms with Gasteiger partial charge in [-0.15, -0.1) is 0 Å². The number of hydrazine groups is 1. The minimum atomic E-state index is -0.584. The number of benzene rings is 3. The predicted molar refractivity (Wildman–Crippen MR) is 113 cm³/mol. The Balaban J connectivity index is 1.55. The number of para-hydroxylation sites is 1. The molecule has 3 rings (SSSR count). The van der Waals surface area contributed by atoms with E-state index in [9.17, 15) is 14.4 Å². The molecule has 0 atom stereocenters. The van der Waals surface area contributed by atoms with Gasteiger partial charge in [0.2, 0.25) is 0 Å². The minimum absolute atomic E-state index is 0.195. The van der Waals surface area contributed by atoms with E-state index in [0.717, 1.165) is 0 Å². The Morgan fingerprint density at radius 3 is 2.17 bits per heavy atom. The minimum Gasteiger partial charge on any atom is -0.484 e. The van der Waals surface area contributed by atoms with Crippen LogP contribution in [0.5, 0.6) is 5.75 Å². The molecule has 0 spiro atoms. The number of hydrogen-bond donors (Lipinski definition) is 3. The second-order valence-electron chi connectivity index (χ2n) is 6.11. The third kappa shape index (κ3) is 5.83. The Kier molecular flexibility index (Phi) is 7.02. The lowest BCUT2D eigenvalue weighted by atomic mass is 10.1. The molecular weight excluding hydrogens is 406 g/mol. The molecule has 0 aliphatic carbocycles. The number of carbonyl (C=O) groups is 3. The van der Waals surface area contributed by atoms with E-state index >= 15 is 0 Å². The summed E-state index contributed by atoms with van der Waals surface area (Å²) in [6.45, 7) is -0.297. The topological polar surface area (TPSA) is 96.5 Å². The van der Waals surface area contributed by atoms with E-state index in [2.05, 4.69) is 16.2 Å². The molecule has 3 amide bonds. The Bertz CT molecular complexity index is 1040. The number of carbonyl (C=O) groups excluding carboxylic acids is 3. The fraction of sp³-hybridized carbons (Fsp3) is 0.0455. The molecule has 0 radical (unpaired) electrons. The summed E-state index contributed by atoms with van der Waals surface area (Å²) in [7, 11) is 0. The largest absolute Gasteiger partial charge is 0.484 e. The van der Waals surface area contributed by atoms with Crippen molar-refractivity contribution in [1.82, 2.24) is 10.9 Å². The van der Waals surface area contributed by atoms with Crippen LogP contribution in [0, 0.1) is 0 Å². The number of amides is 3. The van der Waals surface area contributed by atoms with Gasteiger partial charge in [-0.05, 0) is 48.5 Å². The number of ether oxygens (including phenoxy) is 1. The predicted octanol–water partition coefficient (Wildman–Crippen LogP) is 3.43. The van der Waals surface area contributed by atoms with E-state index in [1.807, 2.05) is 0 Å². The van der Waals surface area contributed by atoms with Gasteiger partial charge >= 0.3 is 0 Å². The monoisotopic (exact) mass is 423 g/mol. The van der Waals surface area contributed by atoms with Crippen molar-refractivity contribution < 1.29 is 19.1 Å². The molecule has 3 N–H and O–H groups in total. The summed E-state index contributed by atoms with van der Waals surface area (Å²) in [5.74, 6) is -1.02. The van der Waals surface area contributed by atoms with Gasteiger partial charge in [0.1, 0.15) is 5.75 Å². The molecule has 0 aliphatic heterocycles. The second kappa shape index (κ2) is 10.1.